The van der Waals surface area contributed by atoms with Crippen LogP contribution in [0.2, 0.25) is 0 Å². The van der Waals surface area contributed by atoms with Gasteiger partial charge in [0.15, 0.2) is 5.78 Å². The summed E-state index contributed by atoms with van der Waals surface area (Å²) in [5, 5.41) is 13.7. The fourth-order valence-electron chi connectivity index (χ4n) is 5.80. The average Bonchev–Trinajstić information content (AvgIpc) is 3.34. The van der Waals surface area contributed by atoms with Gasteiger partial charge in [-0.2, -0.15) is 0 Å². The van der Waals surface area contributed by atoms with Crippen molar-refractivity contribution < 1.29 is 19.4 Å². The molecule has 0 bridgehead atoms. The number of aliphatic hydroxyl groups excluding tert-OH is 1. The molecular formula is C30H30N4O4S. The fraction of sp³-hybridized carbons (Fsp3) is 0.267. The predicted octanol–water partition coefficient (Wildman–Crippen LogP) is 4.09. The van der Waals surface area contributed by atoms with Gasteiger partial charge < -0.3 is 32.4 Å². The Balaban J connectivity index is 1.40. The molecule has 3 aromatic carbocycles. The second kappa shape index (κ2) is 9.77. The number of anilines is 1. The summed E-state index contributed by atoms with van der Waals surface area (Å²) < 4.78 is 6.58. The lowest BCUT2D eigenvalue weighted by molar-refractivity contribution is -0.124. The molecule has 6 rings (SSSR count). The van der Waals surface area contributed by atoms with Gasteiger partial charge in [-0.25, -0.2) is 0 Å². The second-order valence-electron chi connectivity index (χ2n) is 10.3. The van der Waals surface area contributed by atoms with Gasteiger partial charge >= 0.3 is 0 Å². The summed E-state index contributed by atoms with van der Waals surface area (Å²) >= 11 is 1.22. The van der Waals surface area contributed by atoms with Crippen LogP contribution in [0.4, 0.5) is 5.69 Å². The maximum absolute atomic E-state index is 13.9. The molecular weight excluding hydrogens is 512 g/mol. The number of nitrogen functional groups attached to an aromatic ring is 1. The van der Waals surface area contributed by atoms with Gasteiger partial charge in [0.05, 0.1) is 21.7 Å². The summed E-state index contributed by atoms with van der Waals surface area (Å²) in [5.74, 6) is 0.580. The molecule has 4 atom stereocenters. The lowest BCUT2D eigenvalue weighted by atomic mass is 9.70. The number of ether oxygens (including phenoxy) is 1. The van der Waals surface area contributed by atoms with E-state index in [2.05, 4.69) is 5.32 Å². The van der Waals surface area contributed by atoms with Crippen LogP contribution in [0.3, 0.4) is 0 Å². The number of hydrogen-bond acceptors (Lipinski definition) is 8. The van der Waals surface area contributed by atoms with Crippen LogP contribution >= 0.6 is 11.3 Å². The number of nitrogens with one attached hydrogen (secondary N) is 1. The Kier molecular flexibility index (Phi) is 6.39. The van der Waals surface area contributed by atoms with Gasteiger partial charge in [0.1, 0.15) is 17.0 Å². The number of carbonyl (C=O) groups excluding carboxylic acids is 2. The smallest absolute Gasteiger partial charge is 0.261 e. The van der Waals surface area contributed by atoms with Crippen LogP contribution in [0.15, 0.2) is 66.7 Å². The van der Waals surface area contributed by atoms with Crippen LogP contribution in [0, 0.1) is 0 Å². The summed E-state index contributed by atoms with van der Waals surface area (Å²) in [6.45, 7) is 0. The molecule has 0 saturated heterocycles. The Hall–Kier alpha value is -3.76. The Morgan fingerprint density at radius 2 is 1.74 bits per heavy atom. The number of aliphatic hydroxyl groups is 1. The summed E-state index contributed by atoms with van der Waals surface area (Å²) in [5.41, 5.74) is 20.4. The molecule has 39 heavy (non-hydrogen) atoms. The van der Waals surface area contributed by atoms with E-state index in [1.807, 2.05) is 30.3 Å². The van der Waals surface area contributed by atoms with Gasteiger partial charge in [0.25, 0.3) is 5.91 Å². The summed E-state index contributed by atoms with van der Waals surface area (Å²) in [6, 6.07) is 18.7. The summed E-state index contributed by atoms with van der Waals surface area (Å²) in [7, 11) is 0. The van der Waals surface area contributed by atoms with E-state index < -0.39 is 23.5 Å². The quantitative estimate of drug-likeness (QED) is 0.238. The number of Topliss-reactive ketones (excluding diaryl/α,β-unsaturated/α-hetero) is 1. The molecule has 1 heterocycles. The number of amides is 1. The van der Waals surface area contributed by atoms with E-state index in [0.717, 1.165) is 19.3 Å². The van der Waals surface area contributed by atoms with E-state index in [1.165, 1.54) is 11.3 Å². The van der Waals surface area contributed by atoms with E-state index in [4.69, 9.17) is 21.9 Å². The van der Waals surface area contributed by atoms with Crippen LogP contribution in [0.25, 0.3) is 10.1 Å². The molecule has 1 amide bonds. The van der Waals surface area contributed by atoms with E-state index in [9.17, 15) is 14.7 Å². The van der Waals surface area contributed by atoms with Crippen molar-refractivity contribution in [1.29, 1.82) is 0 Å². The van der Waals surface area contributed by atoms with Gasteiger partial charge in [-0.3, -0.25) is 9.59 Å². The fourth-order valence-corrected chi connectivity index (χ4v) is 7.01. The van der Waals surface area contributed by atoms with Crippen molar-refractivity contribution in [2.75, 3.05) is 5.73 Å². The first-order valence-corrected chi connectivity index (χ1v) is 13.9. The van der Waals surface area contributed by atoms with Crippen molar-refractivity contribution in [1.82, 2.24) is 5.32 Å². The van der Waals surface area contributed by atoms with Crippen LogP contribution in [-0.2, 0) is 10.3 Å². The average molecular weight is 543 g/mol. The van der Waals surface area contributed by atoms with Crippen LogP contribution in [0.5, 0.6) is 11.5 Å². The largest absolute Gasteiger partial charge is 0.457 e. The van der Waals surface area contributed by atoms with Gasteiger partial charge in [0.2, 0.25) is 0 Å². The minimum atomic E-state index is -1.54. The molecule has 200 valence electrons. The minimum absolute atomic E-state index is 0.142. The number of para-hydroxylation sites is 1. The summed E-state index contributed by atoms with van der Waals surface area (Å²) in [4.78, 5) is 27.8. The first kappa shape index (κ1) is 25.5. The zero-order valence-electron chi connectivity index (χ0n) is 21.2. The molecule has 2 unspecified atom stereocenters. The Morgan fingerprint density at radius 1 is 1.03 bits per heavy atom. The maximum Gasteiger partial charge on any atom is 0.261 e. The highest BCUT2D eigenvalue weighted by atomic mass is 32.1. The predicted molar refractivity (Wildman–Crippen MR) is 152 cm³/mol. The molecule has 8 nitrogen and oxygen atoms in total. The highest BCUT2D eigenvalue weighted by molar-refractivity contribution is 7.21. The molecule has 0 spiro atoms. The van der Waals surface area contributed by atoms with Gasteiger partial charge in [0, 0.05) is 22.7 Å². The van der Waals surface area contributed by atoms with Crippen molar-refractivity contribution >= 4 is 38.8 Å². The molecule has 4 aromatic rings. The first-order valence-electron chi connectivity index (χ1n) is 13.0. The van der Waals surface area contributed by atoms with Crippen molar-refractivity contribution in [2.45, 2.75) is 49.4 Å². The number of rotatable bonds is 5. The highest BCUT2D eigenvalue weighted by Crippen LogP contribution is 2.49. The van der Waals surface area contributed by atoms with Crippen molar-refractivity contribution in [2.24, 2.45) is 11.5 Å². The molecule has 0 radical (unpaired) electrons. The lowest BCUT2D eigenvalue weighted by Crippen LogP contribution is -2.52. The molecule has 1 fully saturated rings. The number of benzene rings is 3. The van der Waals surface area contributed by atoms with Crippen molar-refractivity contribution in [3.8, 4) is 11.5 Å². The third kappa shape index (κ3) is 4.28. The first-order chi connectivity index (χ1) is 18.8. The van der Waals surface area contributed by atoms with Gasteiger partial charge in [-0.15, -0.1) is 11.3 Å². The second-order valence-corrected chi connectivity index (χ2v) is 11.4. The third-order valence-electron chi connectivity index (χ3n) is 7.79. The molecule has 8 N–H and O–H groups in total. The van der Waals surface area contributed by atoms with E-state index in [-0.39, 0.29) is 11.9 Å². The molecule has 1 saturated carbocycles. The summed E-state index contributed by atoms with van der Waals surface area (Å²) in [6.07, 6.45) is 2.43. The van der Waals surface area contributed by atoms with Gasteiger partial charge in [-0.1, -0.05) is 36.4 Å². The number of hydrogen-bond donors (Lipinski definition) is 5. The molecule has 9 heteroatoms. The SMILES string of the molecule is Nc1ccc2c3c(c(C(=O)N[C@@H]4CCC[C@@H](O)C4)sc13)C(N)C(=O)C2(N)c1ccc(Oc2ccccc2)cc1. The Labute approximate surface area is 229 Å². The molecule has 2 aliphatic carbocycles. The van der Waals surface area contributed by atoms with E-state index in [0.29, 0.717) is 55.3 Å². The van der Waals surface area contributed by atoms with E-state index >= 15 is 0 Å². The number of ketones is 1. The standard InChI is InChI=1S/C30H30N4O4S/c31-22-14-13-21-23-24(27(39-26(22)23)29(37)34-17-5-4-6-18(35)15-17)25(32)28(36)30(21,33)16-9-11-20(12-10-16)38-19-7-2-1-3-8-19/h1-3,7-14,17-18,25,35H,4-6,15,31-33H2,(H,34,37)/t17-,18-,25?,30?/m1/s1. The molecule has 0 aliphatic heterocycles. The van der Waals surface area contributed by atoms with Crippen molar-refractivity contribution in [3.63, 3.8) is 0 Å². The van der Waals surface area contributed by atoms with Crippen LogP contribution in [-0.4, -0.2) is 28.9 Å². The lowest BCUT2D eigenvalue weighted by Gasteiger charge is -2.36. The normalized spacial score (nSPS) is 24.5. The third-order valence-corrected chi connectivity index (χ3v) is 9.04. The topological polar surface area (TPSA) is 154 Å². The highest BCUT2D eigenvalue weighted by Gasteiger charge is 2.48. The number of nitrogens with two attached hydrogens (primary N) is 3. The Morgan fingerprint density at radius 3 is 2.46 bits per heavy atom. The van der Waals surface area contributed by atoms with E-state index in [1.54, 1.807) is 36.4 Å². The molecule has 2 aliphatic rings. The zero-order valence-corrected chi connectivity index (χ0v) is 22.0. The number of carbonyl (C=O) groups is 2. The number of thiophene rings is 1. The monoisotopic (exact) mass is 542 g/mol. The van der Waals surface area contributed by atoms with Crippen LogP contribution < -0.4 is 27.3 Å². The Bertz CT molecular complexity index is 1570. The van der Waals surface area contributed by atoms with Gasteiger partial charge in [-0.05, 0) is 67.1 Å². The zero-order chi connectivity index (χ0) is 27.3. The van der Waals surface area contributed by atoms with Crippen molar-refractivity contribution in [3.05, 3.63) is 88.3 Å². The van der Waals surface area contributed by atoms with Crippen LogP contribution in [0.1, 0.15) is 58.1 Å². The minimum Gasteiger partial charge on any atom is -0.457 e. The maximum atomic E-state index is 13.9. The molecule has 1 aromatic heterocycles.